The molecule has 1 heterocycles. The Balaban J connectivity index is 1.87. The van der Waals surface area contributed by atoms with Crippen molar-refractivity contribution in [1.82, 2.24) is 10.5 Å². The summed E-state index contributed by atoms with van der Waals surface area (Å²) in [5, 5.41) is 7.16. The molecule has 0 bridgehead atoms. The van der Waals surface area contributed by atoms with E-state index in [2.05, 4.69) is 22.3 Å². The molecule has 5 heteroatoms. The molecule has 108 valence electrons. The maximum Gasteiger partial charge on any atom is 0.225 e. The van der Waals surface area contributed by atoms with Gasteiger partial charge in [0.25, 0.3) is 0 Å². The van der Waals surface area contributed by atoms with Crippen LogP contribution in [0.1, 0.15) is 22.6 Å². The molecule has 0 saturated carbocycles. The summed E-state index contributed by atoms with van der Waals surface area (Å²) < 4.78 is 5.02. The Bertz CT molecular complexity index is 691. The summed E-state index contributed by atoms with van der Waals surface area (Å²) in [7, 11) is 0. The van der Waals surface area contributed by atoms with Crippen molar-refractivity contribution in [3.8, 4) is 11.8 Å². The van der Waals surface area contributed by atoms with Crippen LogP contribution in [-0.4, -0.2) is 17.6 Å². The molecule has 1 aromatic carbocycles. The number of halogens is 1. The van der Waals surface area contributed by atoms with Crippen LogP contribution >= 0.6 is 11.6 Å². The van der Waals surface area contributed by atoms with Crippen LogP contribution in [0.25, 0.3) is 0 Å². The standard InChI is InChI=1S/C16H15ClN2O2/c1-11-14(12(2)21-19-11)10-16(20)18-9-5-7-13-6-3-4-8-15(13)17/h3-4,6,8H,9-10H2,1-2H3,(H,18,20). The van der Waals surface area contributed by atoms with Crippen LogP contribution in [0.4, 0.5) is 0 Å². The molecule has 4 nitrogen and oxygen atoms in total. The average Bonchev–Trinajstić information content (AvgIpc) is 2.77. The lowest BCUT2D eigenvalue weighted by Crippen LogP contribution is -2.25. The van der Waals surface area contributed by atoms with Crippen molar-refractivity contribution in [2.45, 2.75) is 20.3 Å². The Labute approximate surface area is 128 Å². The second-order valence-corrected chi connectivity index (χ2v) is 4.95. The Hall–Kier alpha value is -2.25. The van der Waals surface area contributed by atoms with Crippen LogP contribution in [0.15, 0.2) is 28.8 Å². The molecule has 0 radical (unpaired) electrons. The quantitative estimate of drug-likeness (QED) is 0.887. The summed E-state index contributed by atoms with van der Waals surface area (Å²) in [6.45, 7) is 3.88. The van der Waals surface area contributed by atoms with E-state index in [9.17, 15) is 4.79 Å². The molecule has 0 spiro atoms. The molecule has 21 heavy (non-hydrogen) atoms. The van der Waals surface area contributed by atoms with Gasteiger partial charge >= 0.3 is 0 Å². The number of rotatable bonds is 3. The van der Waals surface area contributed by atoms with Crippen LogP contribution in [0.2, 0.25) is 5.02 Å². The van der Waals surface area contributed by atoms with E-state index >= 15 is 0 Å². The van der Waals surface area contributed by atoms with Gasteiger partial charge in [0.2, 0.25) is 5.91 Å². The molecule has 2 aromatic rings. The minimum atomic E-state index is -0.113. The van der Waals surface area contributed by atoms with Gasteiger partial charge in [-0.3, -0.25) is 4.79 Å². The number of nitrogens with zero attached hydrogens (tertiary/aromatic N) is 1. The first-order valence-corrected chi connectivity index (χ1v) is 6.87. The third-order valence-electron chi connectivity index (χ3n) is 2.99. The largest absolute Gasteiger partial charge is 0.361 e. The smallest absolute Gasteiger partial charge is 0.225 e. The number of amides is 1. The highest BCUT2D eigenvalue weighted by Crippen LogP contribution is 2.13. The van der Waals surface area contributed by atoms with Crippen molar-refractivity contribution in [3.63, 3.8) is 0 Å². The van der Waals surface area contributed by atoms with Gasteiger partial charge in [-0.2, -0.15) is 0 Å². The number of aryl methyl sites for hydroxylation is 2. The molecule has 1 aromatic heterocycles. The van der Waals surface area contributed by atoms with Crippen molar-refractivity contribution in [1.29, 1.82) is 0 Å². The number of nitrogens with one attached hydrogen (secondary N) is 1. The van der Waals surface area contributed by atoms with E-state index in [0.717, 1.165) is 16.8 Å². The van der Waals surface area contributed by atoms with E-state index in [1.165, 1.54) is 0 Å². The molecule has 1 amide bonds. The molecule has 0 aliphatic heterocycles. The Morgan fingerprint density at radius 2 is 2.14 bits per heavy atom. The average molecular weight is 303 g/mol. The first-order chi connectivity index (χ1) is 10.1. The Morgan fingerprint density at radius 3 is 2.81 bits per heavy atom. The van der Waals surface area contributed by atoms with E-state index in [4.69, 9.17) is 16.1 Å². The third-order valence-corrected chi connectivity index (χ3v) is 3.32. The highest BCUT2D eigenvalue weighted by Gasteiger charge is 2.12. The summed E-state index contributed by atoms with van der Waals surface area (Å²) in [5.74, 6) is 6.36. The molecule has 0 aliphatic rings. The normalized spacial score (nSPS) is 9.86. The van der Waals surface area contributed by atoms with Gasteiger partial charge in [-0.1, -0.05) is 40.7 Å². The monoisotopic (exact) mass is 302 g/mol. The van der Waals surface area contributed by atoms with Gasteiger partial charge in [0.1, 0.15) is 5.76 Å². The maximum atomic E-state index is 11.8. The number of carbonyl (C=O) groups excluding carboxylic acids is 1. The fourth-order valence-corrected chi connectivity index (χ4v) is 2.01. The fraction of sp³-hybridized carbons (Fsp3) is 0.250. The minimum Gasteiger partial charge on any atom is -0.361 e. The molecule has 0 aliphatic carbocycles. The number of aromatic nitrogens is 1. The highest BCUT2D eigenvalue weighted by molar-refractivity contribution is 6.31. The van der Waals surface area contributed by atoms with E-state index in [1.54, 1.807) is 13.0 Å². The summed E-state index contributed by atoms with van der Waals surface area (Å²) in [6.07, 6.45) is 0.245. The van der Waals surface area contributed by atoms with Crippen molar-refractivity contribution in [2.24, 2.45) is 0 Å². The van der Waals surface area contributed by atoms with Gasteiger partial charge in [0.05, 0.1) is 23.7 Å². The topological polar surface area (TPSA) is 55.1 Å². The predicted molar refractivity (Wildman–Crippen MR) is 81.0 cm³/mol. The minimum absolute atomic E-state index is 0.113. The number of hydrogen-bond acceptors (Lipinski definition) is 3. The predicted octanol–water partition coefficient (Wildman–Crippen LogP) is 2.66. The first-order valence-electron chi connectivity index (χ1n) is 6.49. The molecule has 1 N–H and O–H groups in total. The second-order valence-electron chi connectivity index (χ2n) is 4.54. The summed E-state index contributed by atoms with van der Waals surface area (Å²) in [5.41, 5.74) is 2.32. The van der Waals surface area contributed by atoms with E-state index in [1.807, 2.05) is 25.1 Å². The van der Waals surface area contributed by atoms with Gasteiger partial charge in [-0.15, -0.1) is 0 Å². The van der Waals surface area contributed by atoms with Crippen LogP contribution in [0.3, 0.4) is 0 Å². The van der Waals surface area contributed by atoms with Crippen molar-refractivity contribution in [3.05, 3.63) is 51.9 Å². The Kier molecular flexibility index (Phi) is 5.02. The van der Waals surface area contributed by atoms with E-state index in [0.29, 0.717) is 10.8 Å². The maximum absolute atomic E-state index is 11.8. The molecule has 0 fully saturated rings. The fourth-order valence-electron chi connectivity index (χ4n) is 1.82. The van der Waals surface area contributed by atoms with Gasteiger partial charge in [0, 0.05) is 11.1 Å². The zero-order valence-corrected chi connectivity index (χ0v) is 12.6. The van der Waals surface area contributed by atoms with Crippen LogP contribution in [0, 0.1) is 25.7 Å². The van der Waals surface area contributed by atoms with Crippen LogP contribution in [0.5, 0.6) is 0 Å². The van der Waals surface area contributed by atoms with Crippen molar-refractivity contribution >= 4 is 17.5 Å². The molecular weight excluding hydrogens is 288 g/mol. The van der Waals surface area contributed by atoms with E-state index < -0.39 is 0 Å². The van der Waals surface area contributed by atoms with Gasteiger partial charge < -0.3 is 9.84 Å². The lowest BCUT2D eigenvalue weighted by Gasteiger charge is -2.00. The zero-order valence-electron chi connectivity index (χ0n) is 11.9. The van der Waals surface area contributed by atoms with Crippen molar-refractivity contribution < 1.29 is 9.32 Å². The molecular formula is C16H15ClN2O2. The number of hydrogen-bond donors (Lipinski definition) is 1. The van der Waals surface area contributed by atoms with Crippen LogP contribution in [-0.2, 0) is 11.2 Å². The van der Waals surface area contributed by atoms with Gasteiger partial charge in [0.15, 0.2) is 0 Å². The zero-order chi connectivity index (χ0) is 15.2. The summed E-state index contributed by atoms with van der Waals surface area (Å²) >= 11 is 5.99. The van der Waals surface area contributed by atoms with Crippen molar-refractivity contribution in [2.75, 3.05) is 6.54 Å². The number of benzene rings is 1. The first kappa shape index (κ1) is 15.1. The van der Waals surface area contributed by atoms with Gasteiger partial charge in [-0.05, 0) is 26.0 Å². The van der Waals surface area contributed by atoms with E-state index in [-0.39, 0.29) is 18.9 Å². The summed E-state index contributed by atoms with van der Waals surface area (Å²) in [6, 6.07) is 7.33. The molecule has 0 unspecified atom stereocenters. The molecule has 0 atom stereocenters. The lowest BCUT2D eigenvalue weighted by atomic mass is 10.1. The summed E-state index contributed by atoms with van der Waals surface area (Å²) in [4.78, 5) is 11.8. The molecule has 0 saturated heterocycles. The Morgan fingerprint density at radius 1 is 1.38 bits per heavy atom. The van der Waals surface area contributed by atoms with Gasteiger partial charge in [-0.25, -0.2) is 0 Å². The SMILES string of the molecule is Cc1noc(C)c1CC(=O)NCC#Cc1ccccc1Cl. The third kappa shape index (κ3) is 4.11. The number of carbonyl (C=O) groups is 1. The lowest BCUT2D eigenvalue weighted by molar-refractivity contribution is -0.120. The highest BCUT2D eigenvalue weighted by atomic mass is 35.5. The van der Waals surface area contributed by atoms with Crippen LogP contribution < -0.4 is 5.32 Å². The molecule has 2 rings (SSSR count). The second kappa shape index (κ2) is 6.96.